The number of carbonyl (C=O) groups is 3. The Morgan fingerprint density at radius 2 is 1.55 bits per heavy atom. The molecule has 0 aliphatic heterocycles. The highest BCUT2D eigenvalue weighted by atomic mass is 16.6. The molecule has 0 saturated heterocycles. The molecule has 0 aromatic heterocycles. The Balaban J connectivity index is 2.42. The summed E-state index contributed by atoms with van der Waals surface area (Å²) in [5.41, 5.74) is 1.16. The van der Waals surface area contributed by atoms with Gasteiger partial charge in [-0.05, 0) is 24.3 Å². The lowest BCUT2D eigenvalue weighted by molar-refractivity contribution is -0.150. The summed E-state index contributed by atoms with van der Waals surface area (Å²) in [6.45, 7) is 0.832. The lowest BCUT2D eigenvalue weighted by Gasteiger charge is -2.07. The zero-order chi connectivity index (χ0) is 15.0. The Morgan fingerprint density at radius 3 is 2.05 bits per heavy atom. The minimum Gasteiger partial charge on any atom is -0.454 e. The van der Waals surface area contributed by atoms with E-state index in [1.807, 2.05) is 0 Å². The Morgan fingerprint density at radius 1 is 1.00 bits per heavy atom. The van der Waals surface area contributed by atoms with Gasteiger partial charge in [-0.15, -0.1) is 0 Å². The summed E-state index contributed by atoms with van der Waals surface area (Å²) < 4.78 is 9.22. The van der Waals surface area contributed by atoms with Crippen LogP contribution in [-0.4, -0.2) is 38.1 Å². The van der Waals surface area contributed by atoms with Gasteiger partial charge in [-0.3, -0.25) is 9.59 Å². The summed E-state index contributed by atoms with van der Waals surface area (Å²) in [4.78, 5) is 33.3. The monoisotopic (exact) mass is 280 g/mol. The van der Waals surface area contributed by atoms with Crippen LogP contribution in [-0.2, 0) is 23.9 Å². The molecule has 1 aromatic rings. The fraction of sp³-hybridized carbons (Fsp3) is 0.308. The van der Waals surface area contributed by atoms with Crippen molar-refractivity contribution in [1.82, 2.24) is 0 Å². The molecule has 0 radical (unpaired) electrons. The number of esters is 1. The van der Waals surface area contributed by atoms with Crippen molar-refractivity contribution < 1.29 is 23.9 Å². The molecule has 0 bridgehead atoms. The maximum Gasteiger partial charge on any atom is 0.332 e. The first-order valence-electron chi connectivity index (χ1n) is 5.83. The Hall–Kier alpha value is -2.41. The highest BCUT2D eigenvalue weighted by Gasteiger charge is 2.07. The molecule has 2 amide bonds. The third-order valence-corrected chi connectivity index (χ3v) is 2.12. The lowest BCUT2D eigenvalue weighted by Crippen LogP contribution is -2.22. The first-order chi connectivity index (χ1) is 9.51. The van der Waals surface area contributed by atoms with Crippen molar-refractivity contribution >= 4 is 29.2 Å². The van der Waals surface area contributed by atoms with Gasteiger partial charge in [0.2, 0.25) is 5.91 Å². The molecule has 0 spiro atoms. The minimum atomic E-state index is -0.608. The van der Waals surface area contributed by atoms with Crippen LogP contribution in [0.25, 0.3) is 0 Å². The smallest absolute Gasteiger partial charge is 0.332 e. The van der Waals surface area contributed by atoms with Crippen molar-refractivity contribution in [2.75, 3.05) is 31.0 Å². The standard InChI is InChI=1S/C13H16N2O5/c1-9(16)14-10-3-5-11(6-4-10)15-12(17)7-20-13(18)8-19-2/h3-6H,7-8H2,1-2H3,(H,14,16)(H,15,17). The largest absolute Gasteiger partial charge is 0.454 e. The van der Waals surface area contributed by atoms with Crippen LogP contribution in [0.15, 0.2) is 24.3 Å². The van der Waals surface area contributed by atoms with Crippen molar-refractivity contribution in [3.05, 3.63) is 24.3 Å². The molecule has 2 N–H and O–H groups in total. The van der Waals surface area contributed by atoms with Gasteiger partial charge in [0, 0.05) is 25.4 Å². The van der Waals surface area contributed by atoms with Crippen molar-refractivity contribution in [1.29, 1.82) is 0 Å². The summed E-state index contributed by atoms with van der Waals surface area (Å²) in [6.07, 6.45) is 0. The topological polar surface area (TPSA) is 93.7 Å². The number of carbonyl (C=O) groups excluding carboxylic acids is 3. The van der Waals surface area contributed by atoms with Crippen LogP contribution in [0.2, 0.25) is 0 Å². The van der Waals surface area contributed by atoms with Crippen LogP contribution < -0.4 is 10.6 Å². The quantitative estimate of drug-likeness (QED) is 0.751. The van der Waals surface area contributed by atoms with E-state index in [-0.39, 0.29) is 19.1 Å². The molecule has 0 atom stereocenters. The number of hydrogen-bond donors (Lipinski definition) is 2. The van der Waals surface area contributed by atoms with Crippen LogP contribution in [0.5, 0.6) is 0 Å². The van der Waals surface area contributed by atoms with Crippen LogP contribution in [0, 0.1) is 0 Å². The average Bonchev–Trinajstić information content (AvgIpc) is 2.38. The zero-order valence-electron chi connectivity index (χ0n) is 11.3. The van der Waals surface area contributed by atoms with Crippen LogP contribution in [0.3, 0.4) is 0 Å². The molecule has 0 fully saturated rings. The van der Waals surface area contributed by atoms with Gasteiger partial charge in [-0.1, -0.05) is 0 Å². The first kappa shape index (κ1) is 15.6. The lowest BCUT2D eigenvalue weighted by atomic mass is 10.2. The number of rotatable bonds is 6. The highest BCUT2D eigenvalue weighted by Crippen LogP contribution is 2.13. The molecular weight excluding hydrogens is 264 g/mol. The van der Waals surface area contributed by atoms with Crippen molar-refractivity contribution in [2.24, 2.45) is 0 Å². The molecule has 0 unspecified atom stereocenters. The van der Waals surface area contributed by atoms with E-state index in [0.29, 0.717) is 11.4 Å². The number of benzene rings is 1. The molecule has 0 aliphatic rings. The number of methoxy groups -OCH3 is 1. The molecule has 1 aromatic carbocycles. The predicted molar refractivity (Wildman–Crippen MR) is 72.2 cm³/mol. The maximum atomic E-state index is 11.5. The average molecular weight is 280 g/mol. The van der Waals surface area contributed by atoms with E-state index >= 15 is 0 Å². The summed E-state index contributed by atoms with van der Waals surface area (Å²) in [7, 11) is 1.36. The van der Waals surface area contributed by atoms with Crippen molar-refractivity contribution in [2.45, 2.75) is 6.92 Å². The second-order valence-electron chi connectivity index (χ2n) is 3.90. The fourth-order valence-electron chi connectivity index (χ4n) is 1.34. The van der Waals surface area contributed by atoms with E-state index < -0.39 is 11.9 Å². The van der Waals surface area contributed by atoms with Gasteiger partial charge in [0.05, 0.1) is 0 Å². The maximum absolute atomic E-state index is 11.5. The summed E-state index contributed by atoms with van der Waals surface area (Å²) in [5, 5.41) is 5.15. The van der Waals surface area contributed by atoms with Gasteiger partial charge in [-0.2, -0.15) is 0 Å². The SMILES string of the molecule is COCC(=O)OCC(=O)Nc1ccc(NC(C)=O)cc1. The second-order valence-corrected chi connectivity index (χ2v) is 3.90. The third-order valence-electron chi connectivity index (χ3n) is 2.12. The predicted octanol–water partition coefficient (Wildman–Crippen LogP) is 0.773. The van der Waals surface area contributed by atoms with E-state index in [9.17, 15) is 14.4 Å². The fourth-order valence-corrected chi connectivity index (χ4v) is 1.34. The molecule has 7 heteroatoms. The van der Waals surface area contributed by atoms with Gasteiger partial charge in [0.15, 0.2) is 6.61 Å². The van der Waals surface area contributed by atoms with Crippen molar-refractivity contribution in [3.8, 4) is 0 Å². The zero-order valence-corrected chi connectivity index (χ0v) is 11.3. The second kappa shape index (κ2) is 7.90. The first-order valence-corrected chi connectivity index (χ1v) is 5.83. The van der Waals surface area contributed by atoms with Gasteiger partial charge < -0.3 is 20.1 Å². The molecule has 20 heavy (non-hydrogen) atoms. The van der Waals surface area contributed by atoms with E-state index in [1.54, 1.807) is 24.3 Å². The number of amides is 2. The molecule has 108 valence electrons. The number of nitrogens with one attached hydrogen (secondary N) is 2. The molecular formula is C13H16N2O5. The molecule has 1 rings (SSSR count). The Kier molecular flexibility index (Phi) is 6.18. The molecule has 0 saturated carbocycles. The van der Waals surface area contributed by atoms with E-state index in [0.717, 1.165) is 0 Å². The van der Waals surface area contributed by atoms with Crippen LogP contribution in [0.4, 0.5) is 11.4 Å². The summed E-state index contributed by atoms with van der Waals surface area (Å²) in [5.74, 6) is -1.24. The van der Waals surface area contributed by atoms with Gasteiger partial charge in [0.1, 0.15) is 6.61 Å². The normalized spacial score (nSPS) is 9.70. The third kappa shape index (κ3) is 5.96. The van der Waals surface area contributed by atoms with E-state index in [4.69, 9.17) is 0 Å². The van der Waals surface area contributed by atoms with Gasteiger partial charge in [0.25, 0.3) is 5.91 Å². The van der Waals surface area contributed by atoms with Crippen molar-refractivity contribution in [3.63, 3.8) is 0 Å². The summed E-state index contributed by atoms with van der Waals surface area (Å²) in [6, 6.07) is 6.54. The molecule has 0 heterocycles. The van der Waals surface area contributed by atoms with Gasteiger partial charge >= 0.3 is 5.97 Å². The van der Waals surface area contributed by atoms with Gasteiger partial charge in [-0.25, -0.2) is 4.79 Å². The number of hydrogen-bond acceptors (Lipinski definition) is 5. The summed E-state index contributed by atoms with van der Waals surface area (Å²) >= 11 is 0. The van der Waals surface area contributed by atoms with E-state index in [2.05, 4.69) is 20.1 Å². The molecule has 0 aliphatic carbocycles. The van der Waals surface area contributed by atoms with Crippen LogP contribution >= 0.6 is 0 Å². The highest BCUT2D eigenvalue weighted by molar-refractivity contribution is 5.93. The number of anilines is 2. The molecule has 7 nitrogen and oxygen atoms in total. The van der Waals surface area contributed by atoms with Crippen LogP contribution in [0.1, 0.15) is 6.92 Å². The Bertz CT molecular complexity index is 484. The Labute approximate surface area is 116 Å². The minimum absolute atomic E-state index is 0.174. The number of ether oxygens (including phenoxy) is 2. The van der Waals surface area contributed by atoms with E-state index in [1.165, 1.54) is 14.0 Å².